The zero-order chi connectivity index (χ0) is 14.3. The minimum absolute atomic E-state index is 0.0816. The van der Waals surface area contributed by atoms with E-state index in [1.807, 2.05) is 0 Å². The lowest BCUT2D eigenvalue weighted by Crippen LogP contribution is -2.09. The fraction of sp³-hybridized carbons (Fsp3) is 0. The van der Waals surface area contributed by atoms with Crippen molar-refractivity contribution in [3.05, 3.63) is 62.6 Å². The summed E-state index contributed by atoms with van der Waals surface area (Å²) in [5.74, 6) is -0.532. The van der Waals surface area contributed by atoms with Gasteiger partial charge in [0.2, 0.25) is 0 Å². The molecule has 100 valence electrons. The predicted octanol–water partition coefficient (Wildman–Crippen LogP) is 4.04. The van der Waals surface area contributed by atoms with E-state index in [-0.39, 0.29) is 27.0 Å². The molecule has 0 unspecified atom stereocenters. The number of aromatic amines is 1. The van der Waals surface area contributed by atoms with Gasteiger partial charge >= 0.3 is 0 Å². The molecule has 0 aliphatic carbocycles. The van der Waals surface area contributed by atoms with Gasteiger partial charge in [-0.15, -0.1) is 0 Å². The summed E-state index contributed by atoms with van der Waals surface area (Å²) in [6, 6.07) is 9.76. The van der Waals surface area contributed by atoms with Crippen molar-refractivity contribution < 1.29 is 4.39 Å². The first-order valence-electron chi connectivity index (χ1n) is 5.71. The van der Waals surface area contributed by atoms with Gasteiger partial charge in [0.1, 0.15) is 5.82 Å². The average molecular weight is 309 g/mol. The van der Waals surface area contributed by atoms with Crippen LogP contribution in [0.4, 0.5) is 4.39 Å². The fourth-order valence-corrected chi connectivity index (χ4v) is 2.38. The molecule has 0 atom stereocenters. The summed E-state index contributed by atoms with van der Waals surface area (Å²) >= 11 is 11.6. The van der Waals surface area contributed by atoms with Crippen LogP contribution < -0.4 is 5.56 Å². The summed E-state index contributed by atoms with van der Waals surface area (Å²) in [5.41, 5.74) is 0.492. The van der Waals surface area contributed by atoms with Crippen LogP contribution in [0.15, 0.2) is 41.2 Å². The van der Waals surface area contributed by atoms with Crippen LogP contribution in [0.5, 0.6) is 0 Å². The van der Waals surface area contributed by atoms with E-state index < -0.39 is 5.82 Å². The van der Waals surface area contributed by atoms with E-state index in [0.29, 0.717) is 10.9 Å². The Bertz CT molecular complexity index is 877. The van der Waals surface area contributed by atoms with Gasteiger partial charge in [0.15, 0.2) is 5.82 Å². The van der Waals surface area contributed by atoms with E-state index in [1.54, 1.807) is 24.3 Å². The fourth-order valence-electron chi connectivity index (χ4n) is 1.92. The number of fused-ring (bicyclic) bond motifs is 1. The van der Waals surface area contributed by atoms with Crippen LogP contribution in [0.2, 0.25) is 10.0 Å². The van der Waals surface area contributed by atoms with Crippen molar-refractivity contribution in [1.82, 2.24) is 9.97 Å². The van der Waals surface area contributed by atoms with Crippen LogP contribution in [0.1, 0.15) is 0 Å². The van der Waals surface area contributed by atoms with Crippen molar-refractivity contribution in [2.24, 2.45) is 0 Å². The predicted molar refractivity (Wildman–Crippen MR) is 77.8 cm³/mol. The van der Waals surface area contributed by atoms with Crippen LogP contribution in [0, 0.1) is 5.82 Å². The van der Waals surface area contributed by atoms with E-state index in [1.165, 1.54) is 12.1 Å². The normalized spacial score (nSPS) is 10.9. The number of nitrogens with one attached hydrogen (secondary N) is 1. The van der Waals surface area contributed by atoms with Crippen LogP contribution in [0.25, 0.3) is 22.3 Å². The van der Waals surface area contributed by atoms with Gasteiger partial charge in [-0.2, -0.15) is 0 Å². The highest BCUT2D eigenvalue weighted by atomic mass is 35.5. The Hall–Kier alpha value is -1.91. The standard InChI is InChI=1S/C14H7Cl2FN2O/c15-9-6-5-8(11(16)12(9)17)13-18-10-4-2-1-3-7(10)14(20)19-13/h1-6H,(H,18,19,20). The molecule has 0 bridgehead atoms. The molecule has 0 aliphatic heterocycles. The second kappa shape index (κ2) is 4.89. The van der Waals surface area contributed by atoms with Crippen LogP contribution in [-0.2, 0) is 0 Å². The highest BCUT2D eigenvalue weighted by Crippen LogP contribution is 2.31. The van der Waals surface area contributed by atoms with Crippen LogP contribution in [-0.4, -0.2) is 9.97 Å². The van der Waals surface area contributed by atoms with Gasteiger partial charge in [0.05, 0.1) is 20.9 Å². The lowest BCUT2D eigenvalue weighted by atomic mass is 10.2. The maximum absolute atomic E-state index is 13.7. The van der Waals surface area contributed by atoms with Gasteiger partial charge in [-0.25, -0.2) is 9.37 Å². The minimum atomic E-state index is -0.735. The molecule has 0 amide bonds. The molecule has 1 heterocycles. The highest BCUT2D eigenvalue weighted by Gasteiger charge is 2.14. The molecule has 3 rings (SSSR count). The van der Waals surface area contributed by atoms with Crippen molar-refractivity contribution >= 4 is 34.1 Å². The first kappa shape index (κ1) is 13.1. The van der Waals surface area contributed by atoms with E-state index >= 15 is 0 Å². The number of aromatic nitrogens is 2. The van der Waals surface area contributed by atoms with Crippen molar-refractivity contribution in [3.8, 4) is 11.4 Å². The third-order valence-corrected chi connectivity index (χ3v) is 3.56. The summed E-state index contributed by atoms with van der Waals surface area (Å²) in [5, 5.41) is 0.208. The Morgan fingerprint density at radius 3 is 2.65 bits per heavy atom. The third-order valence-electron chi connectivity index (χ3n) is 2.90. The second-order valence-corrected chi connectivity index (χ2v) is 4.94. The van der Waals surface area contributed by atoms with E-state index in [4.69, 9.17) is 23.2 Å². The summed E-state index contributed by atoms with van der Waals surface area (Å²) in [4.78, 5) is 18.9. The Morgan fingerprint density at radius 2 is 1.85 bits per heavy atom. The van der Waals surface area contributed by atoms with Gasteiger partial charge in [-0.05, 0) is 24.3 Å². The highest BCUT2D eigenvalue weighted by molar-refractivity contribution is 6.36. The summed E-state index contributed by atoms with van der Waals surface area (Å²) < 4.78 is 13.7. The lowest BCUT2D eigenvalue weighted by Gasteiger charge is -2.06. The molecule has 0 aliphatic rings. The molecule has 20 heavy (non-hydrogen) atoms. The number of para-hydroxylation sites is 1. The zero-order valence-electron chi connectivity index (χ0n) is 9.95. The summed E-state index contributed by atoms with van der Waals surface area (Å²) in [7, 11) is 0. The van der Waals surface area contributed by atoms with E-state index in [2.05, 4.69) is 9.97 Å². The van der Waals surface area contributed by atoms with Crippen molar-refractivity contribution in [2.75, 3.05) is 0 Å². The van der Waals surface area contributed by atoms with Gasteiger partial charge in [0, 0.05) is 5.56 Å². The first-order chi connectivity index (χ1) is 9.58. The molecular weight excluding hydrogens is 302 g/mol. The number of nitrogens with zero attached hydrogens (tertiary/aromatic N) is 1. The average Bonchev–Trinajstić information content (AvgIpc) is 2.45. The molecule has 6 heteroatoms. The third kappa shape index (κ3) is 2.07. The molecule has 0 spiro atoms. The number of hydrogen-bond acceptors (Lipinski definition) is 2. The molecule has 0 saturated heterocycles. The number of hydrogen-bond donors (Lipinski definition) is 1. The zero-order valence-corrected chi connectivity index (χ0v) is 11.5. The SMILES string of the molecule is O=c1[nH]c(-c2ccc(Cl)c(F)c2Cl)nc2ccccc12. The minimum Gasteiger partial charge on any atom is -0.306 e. The Kier molecular flexibility index (Phi) is 3.20. The molecule has 3 aromatic rings. The van der Waals surface area contributed by atoms with Gasteiger partial charge in [0.25, 0.3) is 5.56 Å². The molecule has 3 nitrogen and oxygen atoms in total. The second-order valence-electron chi connectivity index (χ2n) is 4.15. The summed E-state index contributed by atoms with van der Waals surface area (Å²) in [6.45, 7) is 0. The number of H-pyrrole nitrogens is 1. The van der Waals surface area contributed by atoms with Crippen molar-refractivity contribution in [1.29, 1.82) is 0 Å². The Balaban J connectivity index is 2.31. The molecule has 1 aromatic heterocycles. The quantitative estimate of drug-likeness (QED) is 0.690. The van der Waals surface area contributed by atoms with Gasteiger partial charge in [-0.1, -0.05) is 35.3 Å². The Morgan fingerprint density at radius 1 is 1.10 bits per heavy atom. The van der Waals surface area contributed by atoms with Crippen LogP contribution in [0.3, 0.4) is 0 Å². The molecule has 1 N–H and O–H groups in total. The molecule has 0 fully saturated rings. The van der Waals surface area contributed by atoms with Gasteiger partial charge in [-0.3, -0.25) is 4.79 Å². The first-order valence-corrected chi connectivity index (χ1v) is 6.46. The van der Waals surface area contributed by atoms with Crippen molar-refractivity contribution in [3.63, 3.8) is 0 Å². The smallest absolute Gasteiger partial charge is 0.259 e. The maximum Gasteiger partial charge on any atom is 0.259 e. The maximum atomic E-state index is 13.7. The van der Waals surface area contributed by atoms with Crippen LogP contribution >= 0.6 is 23.2 Å². The number of rotatable bonds is 1. The largest absolute Gasteiger partial charge is 0.306 e. The molecule has 0 saturated carbocycles. The summed E-state index contributed by atoms with van der Waals surface area (Å²) in [6.07, 6.45) is 0. The van der Waals surface area contributed by atoms with E-state index in [9.17, 15) is 9.18 Å². The monoisotopic (exact) mass is 308 g/mol. The number of benzene rings is 2. The molecule has 0 radical (unpaired) electrons. The number of halogens is 3. The Labute approximate surface area is 123 Å². The molecule has 2 aromatic carbocycles. The lowest BCUT2D eigenvalue weighted by molar-refractivity contribution is 0.629. The van der Waals surface area contributed by atoms with Gasteiger partial charge < -0.3 is 4.98 Å². The molecular formula is C14H7Cl2FN2O. The van der Waals surface area contributed by atoms with Crippen molar-refractivity contribution in [2.45, 2.75) is 0 Å². The van der Waals surface area contributed by atoms with E-state index in [0.717, 1.165) is 0 Å². The topological polar surface area (TPSA) is 45.8 Å².